The Morgan fingerprint density at radius 2 is 1.67 bits per heavy atom. The summed E-state index contributed by atoms with van der Waals surface area (Å²) in [7, 11) is 0. The number of thiophene rings is 1. The summed E-state index contributed by atoms with van der Waals surface area (Å²) in [6.45, 7) is 6.45. The summed E-state index contributed by atoms with van der Waals surface area (Å²) >= 11 is 15.0. The Kier molecular flexibility index (Phi) is 4.58. The van der Waals surface area contributed by atoms with Crippen LogP contribution in [-0.4, -0.2) is 0 Å². The topological polar surface area (TPSA) is 0 Å². The first kappa shape index (κ1) is 14.6. The van der Waals surface area contributed by atoms with Gasteiger partial charge in [0.2, 0.25) is 0 Å². The molecule has 1 aromatic carbocycles. The van der Waals surface area contributed by atoms with Crippen LogP contribution in [0.3, 0.4) is 0 Å². The Hall–Kier alpha value is 0.170. The lowest BCUT2D eigenvalue weighted by molar-refractivity contribution is 1.13. The summed E-state index contributed by atoms with van der Waals surface area (Å²) in [6.07, 6.45) is 0. The number of benzene rings is 1. The lowest BCUT2D eigenvalue weighted by Gasteiger charge is -2.16. The first-order valence-electron chi connectivity index (χ1n) is 5.56. The van der Waals surface area contributed by atoms with Crippen molar-refractivity contribution in [1.82, 2.24) is 0 Å². The second-order valence-electron chi connectivity index (χ2n) is 4.45. The van der Waals surface area contributed by atoms with Crippen LogP contribution in [0.4, 0.5) is 0 Å². The van der Waals surface area contributed by atoms with Gasteiger partial charge in [-0.2, -0.15) is 0 Å². The van der Waals surface area contributed by atoms with Gasteiger partial charge in [-0.1, -0.05) is 45.2 Å². The van der Waals surface area contributed by atoms with Crippen molar-refractivity contribution in [1.29, 1.82) is 0 Å². The Morgan fingerprint density at radius 1 is 1.11 bits per heavy atom. The molecule has 0 aliphatic rings. The fourth-order valence-corrected chi connectivity index (χ4v) is 5.08. The number of aryl methyl sites for hydroxylation is 3. The van der Waals surface area contributed by atoms with Gasteiger partial charge in [0, 0.05) is 9.35 Å². The lowest BCUT2D eigenvalue weighted by Crippen LogP contribution is -1.98. The van der Waals surface area contributed by atoms with Gasteiger partial charge in [0.25, 0.3) is 0 Å². The van der Waals surface area contributed by atoms with E-state index in [0.29, 0.717) is 0 Å². The molecule has 1 atom stereocenters. The van der Waals surface area contributed by atoms with Gasteiger partial charge in [0.15, 0.2) is 0 Å². The molecule has 0 bridgehead atoms. The SMILES string of the molecule is Cc1cc(C)c(C(Br)c2cc(Br)c(Cl)s2)c(C)c1. The third kappa shape index (κ3) is 2.84. The molecular weight excluding hydrogens is 395 g/mol. The van der Waals surface area contributed by atoms with Gasteiger partial charge in [0.05, 0.1) is 4.83 Å². The van der Waals surface area contributed by atoms with E-state index in [1.165, 1.54) is 27.1 Å². The quantitative estimate of drug-likeness (QED) is 0.493. The monoisotopic (exact) mass is 406 g/mol. The largest absolute Gasteiger partial charge is 0.126 e. The molecule has 1 unspecified atom stereocenters. The molecule has 0 spiro atoms. The van der Waals surface area contributed by atoms with E-state index >= 15 is 0 Å². The summed E-state index contributed by atoms with van der Waals surface area (Å²) < 4.78 is 1.77. The highest BCUT2D eigenvalue weighted by atomic mass is 79.9. The third-order valence-electron chi connectivity index (χ3n) is 2.91. The minimum absolute atomic E-state index is 0.201. The maximum absolute atomic E-state index is 6.12. The second-order valence-corrected chi connectivity index (χ2v) is 7.90. The Bertz CT molecular complexity index is 547. The van der Waals surface area contributed by atoms with E-state index in [9.17, 15) is 0 Å². The van der Waals surface area contributed by atoms with Gasteiger partial charge in [-0.15, -0.1) is 11.3 Å². The van der Waals surface area contributed by atoms with Crippen LogP contribution in [0.25, 0.3) is 0 Å². The number of halogens is 3. The number of alkyl halides is 1. The second kappa shape index (κ2) is 5.66. The standard InChI is InChI=1S/C14H13Br2ClS/c1-7-4-8(2)12(9(3)5-7)13(16)11-6-10(15)14(17)18-11/h4-6,13H,1-3H3. The average molecular weight is 409 g/mol. The van der Waals surface area contributed by atoms with Crippen molar-refractivity contribution in [2.24, 2.45) is 0 Å². The van der Waals surface area contributed by atoms with Crippen LogP contribution in [-0.2, 0) is 0 Å². The van der Waals surface area contributed by atoms with Crippen molar-refractivity contribution in [3.05, 3.63) is 54.1 Å². The molecule has 96 valence electrons. The highest BCUT2D eigenvalue weighted by Crippen LogP contribution is 2.43. The zero-order valence-electron chi connectivity index (χ0n) is 10.4. The van der Waals surface area contributed by atoms with Gasteiger partial charge in [-0.25, -0.2) is 0 Å². The highest BCUT2D eigenvalue weighted by Gasteiger charge is 2.18. The van der Waals surface area contributed by atoms with Gasteiger partial charge in [-0.05, 0) is 59.5 Å². The van der Waals surface area contributed by atoms with E-state index in [-0.39, 0.29) is 4.83 Å². The van der Waals surface area contributed by atoms with Crippen LogP contribution in [0.5, 0.6) is 0 Å². The van der Waals surface area contributed by atoms with Crippen LogP contribution in [0.2, 0.25) is 4.34 Å². The first-order chi connectivity index (χ1) is 8.40. The maximum atomic E-state index is 6.12. The van der Waals surface area contributed by atoms with Gasteiger partial charge >= 0.3 is 0 Å². The Labute approximate surface area is 134 Å². The van der Waals surface area contributed by atoms with Gasteiger partial charge in [-0.3, -0.25) is 0 Å². The molecule has 0 fully saturated rings. The summed E-state index contributed by atoms with van der Waals surface area (Å²) in [5, 5.41) is 0. The smallest absolute Gasteiger partial charge is 0.107 e. The Balaban J connectivity index is 2.49. The fourth-order valence-electron chi connectivity index (χ4n) is 2.22. The van der Waals surface area contributed by atoms with Crippen molar-refractivity contribution >= 4 is 54.8 Å². The molecule has 2 aromatic rings. The molecule has 0 saturated heterocycles. The first-order valence-corrected chi connectivity index (χ1v) is 8.47. The van der Waals surface area contributed by atoms with E-state index in [4.69, 9.17) is 11.6 Å². The minimum Gasteiger partial charge on any atom is -0.126 e. The van der Waals surface area contributed by atoms with Gasteiger partial charge < -0.3 is 0 Å². The van der Waals surface area contributed by atoms with Gasteiger partial charge in [0.1, 0.15) is 4.34 Å². The van der Waals surface area contributed by atoms with E-state index in [0.717, 1.165) is 8.81 Å². The number of hydrogen-bond donors (Lipinski definition) is 0. The minimum atomic E-state index is 0.201. The molecule has 4 heteroatoms. The molecule has 0 nitrogen and oxygen atoms in total. The molecule has 0 N–H and O–H groups in total. The van der Waals surface area contributed by atoms with Crippen LogP contribution < -0.4 is 0 Å². The summed E-state index contributed by atoms with van der Waals surface area (Å²) in [4.78, 5) is 1.42. The summed E-state index contributed by atoms with van der Waals surface area (Å²) in [5.41, 5.74) is 5.27. The Morgan fingerprint density at radius 3 is 2.11 bits per heavy atom. The predicted octanol–water partition coefficient (Wildman–Crippen LogP) is 6.57. The molecule has 18 heavy (non-hydrogen) atoms. The normalized spacial score (nSPS) is 12.8. The van der Waals surface area contributed by atoms with Crippen LogP contribution in [0, 0.1) is 20.8 Å². The summed E-state index contributed by atoms with van der Waals surface area (Å²) in [5.74, 6) is 0. The van der Waals surface area contributed by atoms with Crippen LogP contribution >= 0.6 is 54.8 Å². The molecule has 1 heterocycles. The van der Waals surface area contributed by atoms with E-state index in [1.54, 1.807) is 11.3 Å². The maximum Gasteiger partial charge on any atom is 0.107 e. The molecule has 0 aliphatic heterocycles. The summed E-state index contributed by atoms with van der Waals surface area (Å²) in [6, 6.07) is 6.53. The van der Waals surface area contributed by atoms with Crippen molar-refractivity contribution in [2.75, 3.05) is 0 Å². The average Bonchev–Trinajstić information content (AvgIpc) is 2.57. The van der Waals surface area contributed by atoms with Crippen LogP contribution in [0.1, 0.15) is 32.0 Å². The molecule has 2 rings (SSSR count). The lowest BCUT2D eigenvalue weighted by atomic mass is 9.97. The zero-order valence-corrected chi connectivity index (χ0v) is 15.1. The molecular formula is C14H13Br2ClS. The molecule has 0 radical (unpaired) electrons. The van der Waals surface area contributed by atoms with Crippen molar-refractivity contribution < 1.29 is 0 Å². The third-order valence-corrected chi connectivity index (χ3v) is 6.70. The van der Waals surface area contributed by atoms with Crippen molar-refractivity contribution in [2.45, 2.75) is 25.6 Å². The predicted molar refractivity (Wildman–Crippen MR) is 88.5 cm³/mol. The number of rotatable bonds is 2. The molecule has 0 saturated carbocycles. The molecule has 0 aliphatic carbocycles. The van der Waals surface area contributed by atoms with E-state index in [2.05, 4.69) is 70.8 Å². The van der Waals surface area contributed by atoms with Crippen molar-refractivity contribution in [3.8, 4) is 0 Å². The number of hydrogen-bond acceptors (Lipinski definition) is 1. The van der Waals surface area contributed by atoms with E-state index < -0.39 is 0 Å². The highest BCUT2D eigenvalue weighted by molar-refractivity contribution is 9.10. The molecule has 1 aromatic heterocycles. The fraction of sp³-hybridized carbons (Fsp3) is 0.286. The molecule has 0 amide bonds. The van der Waals surface area contributed by atoms with Crippen LogP contribution in [0.15, 0.2) is 22.7 Å². The van der Waals surface area contributed by atoms with Crippen molar-refractivity contribution in [3.63, 3.8) is 0 Å². The van der Waals surface area contributed by atoms with E-state index in [1.807, 2.05) is 0 Å². The zero-order chi connectivity index (χ0) is 13.4.